The van der Waals surface area contributed by atoms with Crippen LogP contribution in [0, 0.1) is 0 Å². The number of hydrogen-bond acceptors (Lipinski definition) is 5. The number of aliphatic carboxylic acids is 1. The highest BCUT2D eigenvalue weighted by atomic mass is 32.2. The first-order valence-corrected chi connectivity index (χ1v) is 6.32. The Labute approximate surface area is 100 Å². The number of nitrogens with one attached hydrogen (secondary N) is 1. The van der Waals surface area contributed by atoms with E-state index in [-0.39, 0.29) is 19.6 Å². The Morgan fingerprint density at radius 1 is 1.53 bits per heavy atom. The van der Waals surface area contributed by atoms with E-state index in [9.17, 15) is 13.2 Å². The molecule has 0 radical (unpaired) electrons. The van der Waals surface area contributed by atoms with Gasteiger partial charge in [-0.15, -0.1) is 0 Å². The summed E-state index contributed by atoms with van der Waals surface area (Å²) in [6.07, 6.45) is -0.286. The molecule has 17 heavy (non-hydrogen) atoms. The van der Waals surface area contributed by atoms with Crippen LogP contribution in [0.4, 0.5) is 0 Å². The van der Waals surface area contributed by atoms with E-state index < -0.39 is 28.8 Å². The van der Waals surface area contributed by atoms with Crippen LogP contribution in [0.1, 0.15) is 6.42 Å². The average molecular weight is 270 g/mol. The van der Waals surface area contributed by atoms with Crippen LogP contribution in [0.2, 0.25) is 0 Å². The molecule has 1 unspecified atom stereocenters. The van der Waals surface area contributed by atoms with Gasteiger partial charge in [-0.2, -0.15) is 17.4 Å². The zero-order valence-electron chi connectivity index (χ0n) is 9.79. The van der Waals surface area contributed by atoms with Gasteiger partial charge in [0.25, 0.3) is 10.2 Å². The van der Waals surface area contributed by atoms with Crippen molar-refractivity contribution >= 4 is 16.2 Å². The van der Waals surface area contributed by atoms with E-state index in [4.69, 9.17) is 14.9 Å². The lowest BCUT2D eigenvalue weighted by Gasteiger charge is -2.21. The molecule has 0 aromatic carbocycles. The second-order valence-electron chi connectivity index (χ2n) is 3.42. The highest BCUT2D eigenvalue weighted by Crippen LogP contribution is 1.98. The maximum absolute atomic E-state index is 11.6. The van der Waals surface area contributed by atoms with Crippen LogP contribution in [0.15, 0.2) is 0 Å². The van der Waals surface area contributed by atoms with Gasteiger partial charge in [0, 0.05) is 20.7 Å². The van der Waals surface area contributed by atoms with Gasteiger partial charge in [-0.05, 0) is 0 Å². The van der Waals surface area contributed by atoms with Crippen LogP contribution in [0.25, 0.3) is 0 Å². The van der Waals surface area contributed by atoms with Gasteiger partial charge in [-0.25, -0.2) is 0 Å². The molecule has 0 aliphatic rings. The predicted molar refractivity (Wildman–Crippen MR) is 59.7 cm³/mol. The number of methoxy groups -OCH3 is 1. The Morgan fingerprint density at radius 3 is 2.53 bits per heavy atom. The van der Waals surface area contributed by atoms with Crippen molar-refractivity contribution in [3.05, 3.63) is 0 Å². The van der Waals surface area contributed by atoms with Crippen LogP contribution < -0.4 is 4.72 Å². The molecule has 0 aromatic heterocycles. The molecule has 1 atom stereocenters. The zero-order valence-corrected chi connectivity index (χ0v) is 10.6. The van der Waals surface area contributed by atoms with Crippen molar-refractivity contribution < 1.29 is 28.2 Å². The summed E-state index contributed by atoms with van der Waals surface area (Å²) < 4.78 is 31.1. The van der Waals surface area contributed by atoms with Crippen LogP contribution in [0.5, 0.6) is 0 Å². The molecule has 3 N–H and O–H groups in total. The first kappa shape index (κ1) is 16.3. The van der Waals surface area contributed by atoms with Crippen molar-refractivity contribution in [1.82, 2.24) is 9.03 Å². The molecule has 102 valence electrons. The number of carbonyl (C=O) groups is 1. The second kappa shape index (κ2) is 7.56. The monoisotopic (exact) mass is 270 g/mol. The summed E-state index contributed by atoms with van der Waals surface area (Å²) in [5.41, 5.74) is 0. The molecule has 0 bridgehead atoms. The van der Waals surface area contributed by atoms with E-state index in [2.05, 4.69) is 4.72 Å². The van der Waals surface area contributed by atoms with Gasteiger partial charge in [0.2, 0.25) is 0 Å². The minimum absolute atomic E-state index is 0.0303. The predicted octanol–water partition coefficient (Wildman–Crippen LogP) is -1.77. The minimum Gasteiger partial charge on any atom is -0.481 e. The van der Waals surface area contributed by atoms with Crippen molar-refractivity contribution in [2.75, 3.05) is 33.9 Å². The Kier molecular flexibility index (Phi) is 7.23. The van der Waals surface area contributed by atoms with Crippen molar-refractivity contribution in [2.45, 2.75) is 12.5 Å². The number of carboxylic acids is 1. The maximum atomic E-state index is 11.6. The average Bonchev–Trinajstić information content (AvgIpc) is 2.24. The lowest BCUT2D eigenvalue weighted by Crippen LogP contribution is -2.47. The van der Waals surface area contributed by atoms with Gasteiger partial charge >= 0.3 is 5.97 Å². The van der Waals surface area contributed by atoms with Crippen LogP contribution in [0.3, 0.4) is 0 Å². The normalized spacial score (nSPS) is 13.9. The summed E-state index contributed by atoms with van der Waals surface area (Å²) in [5, 5.41) is 17.3. The van der Waals surface area contributed by atoms with Crippen molar-refractivity contribution in [1.29, 1.82) is 0 Å². The van der Waals surface area contributed by atoms with Gasteiger partial charge in [0.1, 0.15) is 0 Å². The summed E-state index contributed by atoms with van der Waals surface area (Å²) in [4.78, 5) is 10.3. The molecule has 0 saturated carbocycles. The molecule has 0 rings (SSSR count). The minimum atomic E-state index is -3.81. The lowest BCUT2D eigenvalue weighted by molar-refractivity contribution is -0.137. The largest absolute Gasteiger partial charge is 0.481 e. The van der Waals surface area contributed by atoms with Gasteiger partial charge in [-0.3, -0.25) is 4.79 Å². The van der Waals surface area contributed by atoms with Crippen molar-refractivity contribution in [3.8, 4) is 0 Å². The molecule has 8 nitrogen and oxygen atoms in total. The summed E-state index contributed by atoms with van der Waals surface area (Å²) in [6.45, 7) is -0.516. The smallest absolute Gasteiger partial charge is 0.304 e. The van der Waals surface area contributed by atoms with Crippen LogP contribution in [-0.2, 0) is 19.7 Å². The van der Waals surface area contributed by atoms with Crippen molar-refractivity contribution in [3.63, 3.8) is 0 Å². The molecule has 0 fully saturated rings. The van der Waals surface area contributed by atoms with Gasteiger partial charge in [0.15, 0.2) is 0 Å². The number of hydrogen-bond donors (Lipinski definition) is 3. The first-order valence-electron chi connectivity index (χ1n) is 4.88. The molecule has 0 saturated heterocycles. The Balaban J connectivity index is 4.39. The maximum Gasteiger partial charge on any atom is 0.304 e. The molecule has 0 amide bonds. The quantitative estimate of drug-likeness (QED) is 0.457. The Morgan fingerprint density at radius 2 is 2.12 bits per heavy atom. The van der Waals surface area contributed by atoms with E-state index in [0.29, 0.717) is 0 Å². The Bertz CT molecular complexity index is 331. The number of aliphatic hydroxyl groups excluding tert-OH is 1. The molecule has 0 spiro atoms. The molecule has 0 aliphatic carbocycles. The van der Waals surface area contributed by atoms with Gasteiger partial charge in [0.05, 0.1) is 25.7 Å². The van der Waals surface area contributed by atoms with E-state index in [1.165, 1.54) is 14.2 Å². The molecule has 0 aliphatic heterocycles. The molecule has 9 heteroatoms. The SMILES string of the molecule is COCC(CO)NS(=O)(=O)N(C)CCC(=O)O. The standard InChI is InChI=1S/C8H18N2O6S/c1-10(4-3-8(12)13)17(14,15)9-7(5-11)6-16-2/h7,9,11H,3-6H2,1-2H3,(H,12,13). The number of nitrogens with zero attached hydrogens (tertiary/aromatic N) is 1. The summed E-state index contributed by atoms with van der Waals surface area (Å²) in [7, 11) is -1.17. The number of ether oxygens (including phenoxy) is 1. The fourth-order valence-corrected chi connectivity index (χ4v) is 2.07. The van der Waals surface area contributed by atoms with Crippen LogP contribution in [-0.4, -0.2) is 68.9 Å². The molecule has 0 heterocycles. The van der Waals surface area contributed by atoms with Crippen molar-refractivity contribution in [2.24, 2.45) is 0 Å². The van der Waals surface area contributed by atoms with Gasteiger partial charge < -0.3 is 14.9 Å². The van der Waals surface area contributed by atoms with E-state index in [1.807, 2.05) is 0 Å². The third-order valence-corrected chi connectivity index (χ3v) is 3.59. The summed E-state index contributed by atoms with van der Waals surface area (Å²) in [5.74, 6) is -1.08. The fraction of sp³-hybridized carbons (Fsp3) is 0.875. The molecular formula is C8H18N2O6S. The fourth-order valence-electron chi connectivity index (χ4n) is 0.999. The topological polar surface area (TPSA) is 116 Å². The third-order valence-electron chi connectivity index (χ3n) is 1.95. The summed E-state index contributed by atoms with van der Waals surface area (Å²) in [6, 6.07) is -0.753. The van der Waals surface area contributed by atoms with Gasteiger partial charge in [-0.1, -0.05) is 0 Å². The van der Waals surface area contributed by atoms with E-state index in [0.717, 1.165) is 4.31 Å². The van der Waals surface area contributed by atoms with E-state index >= 15 is 0 Å². The zero-order chi connectivity index (χ0) is 13.5. The number of carboxylic acid groups (broad SMARTS) is 1. The Hall–Kier alpha value is -0.740. The summed E-state index contributed by atoms with van der Waals surface area (Å²) >= 11 is 0. The second-order valence-corrected chi connectivity index (χ2v) is 5.23. The first-order chi connectivity index (χ1) is 7.83. The third kappa shape index (κ3) is 6.54. The van der Waals surface area contributed by atoms with Crippen LogP contribution >= 0.6 is 0 Å². The highest BCUT2D eigenvalue weighted by Gasteiger charge is 2.22. The molecule has 0 aromatic rings. The number of aliphatic hydroxyl groups is 1. The van der Waals surface area contributed by atoms with E-state index in [1.54, 1.807) is 0 Å². The number of rotatable bonds is 9. The molecular weight excluding hydrogens is 252 g/mol. The highest BCUT2D eigenvalue weighted by molar-refractivity contribution is 7.87. The lowest BCUT2D eigenvalue weighted by atomic mass is 10.4.